The Labute approximate surface area is 123 Å². The van der Waals surface area contributed by atoms with Gasteiger partial charge in [-0.05, 0) is 22.4 Å². The fraction of sp³-hybridized carbons (Fsp3) is 0.308. The average molecular weight is 340 g/mol. The number of hydrogen-bond donors (Lipinski definition) is 1. The number of hydrogen-bond acceptors (Lipinski definition) is 3. The Hall–Kier alpha value is -1.89. The monoisotopic (exact) mass is 339 g/mol. The highest BCUT2D eigenvalue weighted by Crippen LogP contribution is 2.22. The number of nitrogens with zero attached hydrogens (tertiary/aromatic N) is 3. The third-order valence-corrected chi connectivity index (χ3v) is 3.96. The van der Waals surface area contributed by atoms with Crippen LogP contribution in [0.4, 0.5) is 0 Å². The van der Waals surface area contributed by atoms with Crippen LogP contribution in [0.3, 0.4) is 0 Å². The zero-order chi connectivity index (χ0) is 14.9. The Morgan fingerprint density at radius 1 is 1.50 bits per heavy atom. The molecule has 2 rings (SSSR count). The summed E-state index contributed by atoms with van der Waals surface area (Å²) >= 11 is 3.51. The van der Waals surface area contributed by atoms with Gasteiger partial charge in [-0.25, -0.2) is 4.79 Å². The summed E-state index contributed by atoms with van der Waals surface area (Å²) in [7, 11) is 1.83. The fourth-order valence-electron chi connectivity index (χ4n) is 1.95. The predicted molar refractivity (Wildman–Crippen MR) is 77.0 cm³/mol. The van der Waals surface area contributed by atoms with Gasteiger partial charge in [-0.15, -0.1) is 0 Å². The van der Waals surface area contributed by atoms with Gasteiger partial charge in [-0.1, -0.05) is 6.92 Å². The lowest BCUT2D eigenvalue weighted by Crippen LogP contribution is -2.17. The van der Waals surface area contributed by atoms with E-state index >= 15 is 0 Å². The van der Waals surface area contributed by atoms with Crippen LogP contribution in [0.25, 0.3) is 0 Å². The van der Waals surface area contributed by atoms with Gasteiger partial charge in [0.2, 0.25) is 0 Å². The van der Waals surface area contributed by atoms with Crippen molar-refractivity contribution in [2.45, 2.75) is 19.9 Å². The molecule has 2 aromatic rings. The average Bonchev–Trinajstić information content (AvgIpc) is 2.67. The van der Waals surface area contributed by atoms with Crippen LogP contribution < -0.4 is 5.43 Å². The van der Waals surface area contributed by atoms with Crippen molar-refractivity contribution in [1.82, 2.24) is 14.3 Å². The van der Waals surface area contributed by atoms with E-state index in [-0.39, 0.29) is 5.56 Å². The Bertz CT molecular complexity index is 718. The zero-order valence-electron chi connectivity index (χ0n) is 11.1. The first-order chi connectivity index (χ1) is 9.43. The highest BCUT2D eigenvalue weighted by molar-refractivity contribution is 9.10. The second-order valence-corrected chi connectivity index (χ2v) is 5.18. The molecule has 0 unspecified atom stereocenters. The molecule has 0 fully saturated rings. The van der Waals surface area contributed by atoms with Gasteiger partial charge >= 0.3 is 5.97 Å². The van der Waals surface area contributed by atoms with Crippen LogP contribution in [0.2, 0.25) is 0 Å². The van der Waals surface area contributed by atoms with E-state index < -0.39 is 11.4 Å². The molecule has 0 aromatic carbocycles. The number of pyridine rings is 1. The third-order valence-electron chi connectivity index (χ3n) is 3.04. The van der Waals surface area contributed by atoms with E-state index in [0.717, 1.165) is 22.3 Å². The van der Waals surface area contributed by atoms with E-state index in [1.54, 1.807) is 15.4 Å². The van der Waals surface area contributed by atoms with E-state index in [4.69, 9.17) is 5.11 Å². The molecule has 20 heavy (non-hydrogen) atoms. The summed E-state index contributed by atoms with van der Waals surface area (Å²) in [6, 6.07) is 1.26. The number of carbonyl (C=O) groups is 1. The molecule has 0 saturated heterocycles. The van der Waals surface area contributed by atoms with Gasteiger partial charge in [0.25, 0.3) is 0 Å². The maximum absolute atomic E-state index is 11.4. The SMILES string of the molecule is CCc1nn(C)c(Cn2ccc(=O)c(C(=O)O)c2)c1Br. The molecule has 0 saturated carbocycles. The Kier molecular flexibility index (Phi) is 4.08. The number of carboxylic acid groups (broad SMARTS) is 1. The summed E-state index contributed by atoms with van der Waals surface area (Å²) in [6.45, 7) is 2.45. The number of aryl methyl sites for hydroxylation is 2. The molecule has 0 aliphatic carbocycles. The Morgan fingerprint density at radius 3 is 2.75 bits per heavy atom. The first-order valence-corrected chi connectivity index (χ1v) is 6.87. The van der Waals surface area contributed by atoms with Crippen molar-refractivity contribution >= 4 is 21.9 Å². The van der Waals surface area contributed by atoms with Crippen molar-refractivity contribution in [2.75, 3.05) is 0 Å². The Morgan fingerprint density at radius 2 is 2.20 bits per heavy atom. The van der Waals surface area contributed by atoms with Gasteiger partial charge in [-0.3, -0.25) is 9.48 Å². The quantitative estimate of drug-likeness (QED) is 0.918. The number of aromatic nitrogens is 3. The standard InChI is InChI=1S/C13H14BrN3O3/c1-3-9-12(14)10(16(2)15-9)7-17-5-4-11(18)8(6-17)13(19)20/h4-6H,3,7H2,1-2H3,(H,19,20). The summed E-state index contributed by atoms with van der Waals surface area (Å²) in [4.78, 5) is 22.4. The van der Waals surface area contributed by atoms with Gasteiger partial charge in [0.05, 0.1) is 22.4 Å². The number of aromatic carboxylic acids is 1. The van der Waals surface area contributed by atoms with Gasteiger partial charge in [0, 0.05) is 25.5 Å². The first kappa shape index (κ1) is 14.5. The number of carboxylic acids is 1. The maximum atomic E-state index is 11.4. The van der Waals surface area contributed by atoms with Crippen molar-refractivity contribution in [3.63, 3.8) is 0 Å². The molecule has 2 heterocycles. The molecule has 0 aliphatic rings. The van der Waals surface area contributed by atoms with Gasteiger partial charge in [0.1, 0.15) is 5.56 Å². The lowest BCUT2D eigenvalue weighted by molar-refractivity contribution is 0.0694. The lowest BCUT2D eigenvalue weighted by Gasteiger charge is -2.08. The van der Waals surface area contributed by atoms with Crippen molar-refractivity contribution in [3.8, 4) is 0 Å². The predicted octanol–water partition coefficient (Wildman–Crippen LogP) is 1.65. The van der Waals surface area contributed by atoms with E-state index in [1.807, 2.05) is 14.0 Å². The molecule has 1 N–H and O–H groups in total. The van der Waals surface area contributed by atoms with Crippen LogP contribution in [0, 0.1) is 0 Å². The molecule has 106 valence electrons. The second kappa shape index (κ2) is 5.62. The molecule has 7 heteroatoms. The minimum Gasteiger partial charge on any atom is -0.477 e. The summed E-state index contributed by atoms with van der Waals surface area (Å²) in [5.41, 5.74) is 1.14. The van der Waals surface area contributed by atoms with Crippen LogP contribution in [0.15, 0.2) is 27.7 Å². The summed E-state index contributed by atoms with van der Waals surface area (Å²) < 4.78 is 4.33. The summed E-state index contributed by atoms with van der Waals surface area (Å²) in [6.07, 6.45) is 3.72. The maximum Gasteiger partial charge on any atom is 0.341 e. The largest absolute Gasteiger partial charge is 0.477 e. The minimum atomic E-state index is -1.22. The van der Waals surface area contributed by atoms with Crippen molar-refractivity contribution in [2.24, 2.45) is 7.05 Å². The zero-order valence-corrected chi connectivity index (χ0v) is 12.7. The van der Waals surface area contributed by atoms with Crippen molar-refractivity contribution < 1.29 is 9.90 Å². The van der Waals surface area contributed by atoms with E-state index in [0.29, 0.717) is 6.54 Å². The summed E-state index contributed by atoms with van der Waals surface area (Å²) in [5.74, 6) is -1.22. The fourth-order valence-corrected chi connectivity index (χ4v) is 2.69. The molecule has 2 aromatic heterocycles. The first-order valence-electron chi connectivity index (χ1n) is 6.07. The van der Waals surface area contributed by atoms with E-state index in [1.165, 1.54) is 12.3 Å². The van der Waals surface area contributed by atoms with Crippen LogP contribution in [-0.4, -0.2) is 25.4 Å². The minimum absolute atomic E-state index is 0.235. The highest BCUT2D eigenvalue weighted by atomic mass is 79.9. The molecule has 0 atom stereocenters. The van der Waals surface area contributed by atoms with Crippen molar-refractivity contribution in [3.05, 3.63) is 50.1 Å². The normalized spacial score (nSPS) is 10.8. The van der Waals surface area contributed by atoms with Crippen molar-refractivity contribution in [1.29, 1.82) is 0 Å². The van der Waals surface area contributed by atoms with Gasteiger partial charge < -0.3 is 9.67 Å². The molecule has 0 bridgehead atoms. The molecular formula is C13H14BrN3O3. The second-order valence-electron chi connectivity index (χ2n) is 4.38. The van der Waals surface area contributed by atoms with Crippen LogP contribution >= 0.6 is 15.9 Å². The van der Waals surface area contributed by atoms with Crippen LogP contribution in [0.1, 0.15) is 28.7 Å². The number of halogens is 1. The Balaban J connectivity index is 2.40. The molecule has 6 nitrogen and oxygen atoms in total. The van der Waals surface area contributed by atoms with Gasteiger partial charge in [0.15, 0.2) is 5.43 Å². The lowest BCUT2D eigenvalue weighted by atomic mass is 10.2. The molecule has 0 radical (unpaired) electrons. The van der Waals surface area contributed by atoms with Crippen LogP contribution in [-0.2, 0) is 20.0 Å². The topological polar surface area (TPSA) is 77.1 Å². The van der Waals surface area contributed by atoms with Crippen LogP contribution in [0.5, 0.6) is 0 Å². The third kappa shape index (κ3) is 2.67. The summed E-state index contributed by atoms with van der Waals surface area (Å²) in [5, 5.41) is 13.3. The highest BCUT2D eigenvalue weighted by Gasteiger charge is 2.14. The van der Waals surface area contributed by atoms with E-state index in [2.05, 4.69) is 21.0 Å². The van der Waals surface area contributed by atoms with Gasteiger partial charge in [-0.2, -0.15) is 5.10 Å². The number of rotatable bonds is 4. The molecular weight excluding hydrogens is 326 g/mol. The smallest absolute Gasteiger partial charge is 0.341 e. The molecule has 0 spiro atoms. The molecule has 0 aliphatic heterocycles. The van der Waals surface area contributed by atoms with E-state index in [9.17, 15) is 9.59 Å². The molecule has 0 amide bonds.